The lowest BCUT2D eigenvalue weighted by molar-refractivity contribution is -0.142. The molecular weight excluding hydrogens is 256 g/mol. The van der Waals surface area contributed by atoms with Crippen LogP contribution in [0.1, 0.15) is 46.5 Å². The number of amides is 2. The number of hydrogen-bond donors (Lipinski definition) is 2. The Hall–Kier alpha value is -1.26. The van der Waals surface area contributed by atoms with Gasteiger partial charge in [0, 0.05) is 19.6 Å². The van der Waals surface area contributed by atoms with E-state index in [0.717, 1.165) is 32.2 Å². The molecule has 0 radical (unpaired) electrons. The van der Waals surface area contributed by atoms with Crippen molar-refractivity contribution in [2.45, 2.75) is 46.5 Å². The number of carbonyl (C=O) groups excluding carboxylic acids is 1. The quantitative estimate of drug-likeness (QED) is 0.755. The average Bonchev–Trinajstić information content (AvgIpc) is 2.90. The van der Waals surface area contributed by atoms with Gasteiger partial charge >= 0.3 is 12.0 Å². The first-order valence-electron chi connectivity index (χ1n) is 7.75. The lowest BCUT2D eigenvalue weighted by Crippen LogP contribution is -2.44. The van der Waals surface area contributed by atoms with Gasteiger partial charge in [0.1, 0.15) is 0 Å². The predicted molar refractivity (Wildman–Crippen MR) is 78.6 cm³/mol. The Kier molecular flexibility index (Phi) is 6.82. The monoisotopic (exact) mass is 284 g/mol. The number of rotatable bonds is 7. The van der Waals surface area contributed by atoms with Crippen LogP contribution in [-0.2, 0) is 4.79 Å². The van der Waals surface area contributed by atoms with Crippen LogP contribution < -0.4 is 5.32 Å². The minimum atomic E-state index is -0.728. The second kappa shape index (κ2) is 8.12. The number of aliphatic carboxylic acids is 1. The molecule has 0 aromatic heterocycles. The van der Waals surface area contributed by atoms with Crippen molar-refractivity contribution in [2.75, 3.05) is 19.6 Å². The van der Waals surface area contributed by atoms with Gasteiger partial charge in [-0.3, -0.25) is 4.79 Å². The SMILES string of the molecule is CCC(C)CN(CC)C(=O)NCC1CCCC1C(=O)O. The first kappa shape index (κ1) is 16.8. The van der Waals surface area contributed by atoms with Crippen molar-refractivity contribution >= 4 is 12.0 Å². The zero-order chi connectivity index (χ0) is 15.1. The third-order valence-electron chi connectivity index (χ3n) is 4.39. The zero-order valence-electron chi connectivity index (χ0n) is 12.9. The Balaban J connectivity index is 2.43. The predicted octanol–water partition coefficient (Wildman–Crippen LogP) is 2.56. The van der Waals surface area contributed by atoms with E-state index in [9.17, 15) is 9.59 Å². The van der Waals surface area contributed by atoms with E-state index < -0.39 is 5.97 Å². The molecule has 0 aliphatic heterocycles. The molecule has 1 saturated carbocycles. The third kappa shape index (κ3) is 4.69. The standard InChI is InChI=1S/C15H28N2O3/c1-4-11(3)10-17(5-2)15(20)16-9-12-7-6-8-13(12)14(18)19/h11-13H,4-10H2,1-3H3,(H,16,20)(H,18,19). The van der Waals surface area contributed by atoms with Gasteiger partial charge in [0.15, 0.2) is 0 Å². The van der Waals surface area contributed by atoms with Crippen molar-refractivity contribution < 1.29 is 14.7 Å². The van der Waals surface area contributed by atoms with E-state index in [0.29, 0.717) is 19.0 Å². The van der Waals surface area contributed by atoms with Gasteiger partial charge in [-0.1, -0.05) is 26.7 Å². The number of hydrogen-bond acceptors (Lipinski definition) is 2. The van der Waals surface area contributed by atoms with Gasteiger partial charge in [-0.2, -0.15) is 0 Å². The fraction of sp³-hybridized carbons (Fsp3) is 0.867. The first-order valence-corrected chi connectivity index (χ1v) is 7.75. The van der Waals surface area contributed by atoms with Crippen LogP contribution in [0.5, 0.6) is 0 Å². The number of carboxylic acid groups (broad SMARTS) is 1. The summed E-state index contributed by atoms with van der Waals surface area (Å²) in [5.41, 5.74) is 0. The molecule has 1 rings (SSSR count). The third-order valence-corrected chi connectivity index (χ3v) is 4.39. The van der Waals surface area contributed by atoms with Crippen LogP contribution in [0.25, 0.3) is 0 Å². The first-order chi connectivity index (χ1) is 9.49. The summed E-state index contributed by atoms with van der Waals surface area (Å²) in [6.45, 7) is 8.14. The van der Waals surface area contributed by atoms with E-state index in [1.807, 2.05) is 6.92 Å². The van der Waals surface area contributed by atoms with Crippen LogP contribution in [0.3, 0.4) is 0 Å². The normalized spacial score (nSPS) is 23.4. The molecule has 0 aromatic rings. The van der Waals surface area contributed by atoms with Crippen LogP contribution in [0.2, 0.25) is 0 Å². The summed E-state index contributed by atoms with van der Waals surface area (Å²) in [6.07, 6.45) is 3.63. The minimum absolute atomic E-state index is 0.0659. The van der Waals surface area contributed by atoms with Gasteiger partial charge in [0.2, 0.25) is 0 Å². The smallest absolute Gasteiger partial charge is 0.317 e. The summed E-state index contributed by atoms with van der Waals surface area (Å²) in [5, 5.41) is 12.0. The second-order valence-corrected chi connectivity index (χ2v) is 5.87. The molecule has 0 bridgehead atoms. The van der Waals surface area contributed by atoms with Crippen LogP contribution in [-0.4, -0.2) is 41.6 Å². The molecule has 1 aliphatic carbocycles. The van der Waals surface area contributed by atoms with Crippen molar-refractivity contribution in [1.82, 2.24) is 10.2 Å². The number of carbonyl (C=O) groups is 2. The molecule has 0 spiro atoms. The summed E-state index contributed by atoms with van der Waals surface area (Å²) in [4.78, 5) is 25.0. The average molecular weight is 284 g/mol. The van der Waals surface area contributed by atoms with Gasteiger partial charge < -0.3 is 15.3 Å². The van der Waals surface area contributed by atoms with Crippen molar-refractivity contribution in [3.63, 3.8) is 0 Å². The Labute approximate surface area is 121 Å². The summed E-state index contributed by atoms with van der Waals surface area (Å²) in [5.74, 6) is -0.452. The highest BCUT2D eigenvalue weighted by molar-refractivity contribution is 5.74. The number of nitrogens with zero attached hydrogens (tertiary/aromatic N) is 1. The minimum Gasteiger partial charge on any atom is -0.481 e. The fourth-order valence-corrected chi connectivity index (χ4v) is 2.80. The highest BCUT2D eigenvalue weighted by Gasteiger charge is 2.33. The van der Waals surface area contributed by atoms with Gasteiger partial charge in [-0.25, -0.2) is 4.79 Å². The van der Waals surface area contributed by atoms with Crippen LogP contribution in [0.4, 0.5) is 4.79 Å². The van der Waals surface area contributed by atoms with E-state index in [-0.39, 0.29) is 17.9 Å². The summed E-state index contributed by atoms with van der Waals surface area (Å²) in [6, 6.07) is -0.0659. The van der Waals surface area contributed by atoms with E-state index >= 15 is 0 Å². The van der Waals surface area contributed by atoms with E-state index in [2.05, 4.69) is 19.2 Å². The maximum atomic E-state index is 12.1. The second-order valence-electron chi connectivity index (χ2n) is 5.87. The number of urea groups is 1. The maximum absolute atomic E-state index is 12.1. The Bertz CT molecular complexity index is 333. The van der Waals surface area contributed by atoms with E-state index in [4.69, 9.17) is 5.11 Å². The molecule has 0 saturated heterocycles. The molecule has 116 valence electrons. The lowest BCUT2D eigenvalue weighted by atomic mass is 9.96. The number of nitrogens with one attached hydrogen (secondary N) is 1. The Morgan fingerprint density at radius 2 is 2.05 bits per heavy atom. The van der Waals surface area contributed by atoms with Crippen molar-refractivity contribution in [1.29, 1.82) is 0 Å². The molecule has 0 heterocycles. The summed E-state index contributed by atoms with van der Waals surface area (Å²) >= 11 is 0. The van der Waals surface area contributed by atoms with Crippen LogP contribution in [0, 0.1) is 17.8 Å². The Morgan fingerprint density at radius 3 is 2.60 bits per heavy atom. The van der Waals surface area contributed by atoms with Crippen LogP contribution >= 0.6 is 0 Å². The molecule has 1 fully saturated rings. The molecule has 20 heavy (non-hydrogen) atoms. The number of carboxylic acids is 1. The zero-order valence-corrected chi connectivity index (χ0v) is 12.9. The largest absolute Gasteiger partial charge is 0.481 e. The fourth-order valence-electron chi connectivity index (χ4n) is 2.80. The molecule has 3 atom stereocenters. The van der Waals surface area contributed by atoms with Gasteiger partial charge in [-0.05, 0) is 31.6 Å². The topological polar surface area (TPSA) is 69.6 Å². The highest BCUT2D eigenvalue weighted by Crippen LogP contribution is 2.31. The molecule has 5 heteroatoms. The molecule has 0 aromatic carbocycles. The summed E-state index contributed by atoms with van der Waals surface area (Å²) < 4.78 is 0. The molecule has 5 nitrogen and oxygen atoms in total. The highest BCUT2D eigenvalue weighted by atomic mass is 16.4. The van der Waals surface area contributed by atoms with Crippen molar-refractivity contribution in [3.8, 4) is 0 Å². The van der Waals surface area contributed by atoms with Gasteiger partial charge in [-0.15, -0.1) is 0 Å². The van der Waals surface area contributed by atoms with Crippen molar-refractivity contribution in [2.24, 2.45) is 17.8 Å². The molecule has 3 unspecified atom stereocenters. The van der Waals surface area contributed by atoms with Gasteiger partial charge in [0.25, 0.3) is 0 Å². The van der Waals surface area contributed by atoms with Crippen molar-refractivity contribution in [3.05, 3.63) is 0 Å². The molecule has 2 N–H and O–H groups in total. The molecule has 2 amide bonds. The molecular formula is C15H28N2O3. The van der Waals surface area contributed by atoms with Crippen LogP contribution in [0.15, 0.2) is 0 Å². The Morgan fingerprint density at radius 1 is 1.35 bits per heavy atom. The van der Waals surface area contributed by atoms with E-state index in [1.54, 1.807) is 4.90 Å². The lowest BCUT2D eigenvalue weighted by Gasteiger charge is -2.25. The summed E-state index contributed by atoms with van der Waals surface area (Å²) in [7, 11) is 0. The van der Waals surface area contributed by atoms with E-state index in [1.165, 1.54) is 0 Å². The maximum Gasteiger partial charge on any atom is 0.317 e. The molecule has 1 aliphatic rings. The van der Waals surface area contributed by atoms with Gasteiger partial charge in [0.05, 0.1) is 5.92 Å².